The number of hydrogen-bond donors (Lipinski definition) is 3. The van der Waals surface area contributed by atoms with Crippen LogP contribution in [-0.2, 0) is 13.1 Å². The fourth-order valence-electron chi connectivity index (χ4n) is 1.87. The normalized spacial score (nSPS) is 11.3. The van der Waals surface area contributed by atoms with Gasteiger partial charge in [-0.2, -0.15) is 0 Å². The third kappa shape index (κ3) is 3.59. The molecule has 0 unspecified atom stereocenters. The number of hydrogen-bond acceptors (Lipinski definition) is 5. The van der Waals surface area contributed by atoms with Gasteiger partial charge in [-0.15, -0.1) is 0 Å². The molecule has 6 heteroatoms. The van der Waals surface area contributed by atoms with Gasteiger partial charge < -0.3 is 25.1 Å². The molecule has 6 nitrogen and oxygen atoms in total. The Bertz CT molecular complexity index is 484. The van der Waals surface area contributed by atoms with Gasteiger partial charge in [-0.05, 0) is 34.3 Å². The van der Waals surface area contributed by atoms with Gasteiger partial charge in [-0.25, -0.2) is 4.79 Å². The van der Waals surface area contributed by atoms with E-state index in [0.717, 1.165) is 0 Å². The van der Waals surface area contributed by atoms with Gasteiger partial charge in [0.25, 0.3) is 0 Å². The van der Waals surface area contributed by atoms with E-state index in [9.17, 15) is 15.0 Å². The first kappa shape index (κ1) is 15.3. The quantitative estimate of drug-likeness (QED) is 0.736. The van der Waals surface area contributed by atoms with Crippen LogP contribution in [0.25, 0.3) is 0 Å². The summed E-state index contributed by atoms with van der Waals surface area (Å²) in [5.74, 6) is -1.64. The van der Waals surface area contributed by atoms with Crippen LogP contribution in [0.15, 0.2) is 6.07 Å². The number of carboxylic acid groups (broad SMARTS) is 1. The van der Waals surface area contributed by atoms with E-state index >= 15 is 0 Å². The van der Waals surface area contributed by atoms with Crippen LogP contribution in [-0.4, -0.2) is 59.3 Å². The molecule has 0 aliphatic rings. The summed E-state index contributed by atoms with van der Waals surface area (Å²) in [6.45, 7) is 0.659. The zero-order chi connectivity index (χ0) is 14.7. The molecule has 0 fully saturated rings. The van der Waals surface area contributed by atoms with E-state index in [4.69, 9.17) is 5.11 Å². The highest BCUT2D eigenvalue weighted by molar-refractivity contribution is 5.92. The molecule has 19 heavy (non-hydrogen) atoms. The minimum absolute atomic E-state index is 0.0510. The zero-order valence-corrected chi connectivity index (χ0v) is 11.6. The number of aromatic carboxylic acids is 1. The highest BCUT2D eigenvalue weighted by Gasteiger charge is 2.21. The van der Waals surface area contributed by atoms with Crippen LogP contribution < -0.4 is 0 Å². The maximum atomic E-state index is 11.1. The molecule has 0 radical (unpaired) electrons. The smallest absolute Gasteiger partial charge is 0.339 e. The van der Waals surface area contributed by atoms with Crippen LogP contribution in [0.4, 0.5) is 0 Å². The molecule has 0 aliphatic carbocycles. The topological polar surface area (TPSA) is 84.2 Å². The minimum Gasteiger partial charge on any atom is -0.507 e. The minimum atomic E-state index is -1.21. The van der Waals surface area contributed by atoms with Crippen molar-refractivity contribution in [3.05, 3.63) is 22.8 Å². The third-order valence-corrected chi connectivity index (χ3v) is 2.64. The molecule has 1 aromatic rings. The molecule has 106 valence electrons. The first-order valence-electron chi connectivity index (χ1n) is 5.83. The van der Waals surface area contributed by atoms with Crippen molar-refractivity contribution in [3.8, 4) is 11.5 Å². The van der Waals surface area contributed by atoms with E-state index < -0.39 is 5.97 Å². The van der Waals surface area contributed by atoms with Crippen LogP contribution in [0.5, 0.6) is 11.5 Å². The van der Waals surface area contributed by atoms with Crippen molar-refractivity contribution < 1.29 is 20.1 Å². The number of benzene rings is 1. The van der Waals surface area contributed by atoms with E-state index in [0.29, 0.717) is 12.1 Å². The highest BCUT2D eigenvalue weighted by Crippen LogP contribution is 2.35. The summed E-state index contributed by atoms with van der Waals surface area (Å²) < 4.78 is 0. The number of phenols is 2. The summed E-state index contributed by atoms with van der Waals surface area (Å²) in [7, 11) is 7.19. The van der Waals surface area contributed by atoms with Crippen LogP contribution in [0, 0.1) is 0 Å². The largest absolute Gasteiger partial charge is 0.507 e. The van der Waals surface area contributed by atoms with Crippen molar-refractivity contribution in [3.63, 3.8) is 0 Å². The van der Waals surface area contributed by atoms with Gasteiger partial charge in [-0.3, -0.25) is 0 Å². The van der Waals surface area contributed by atoms with Crippen molar-refractivity contribution >= 4 is 5.97 Å². The van der Waals surface area contributed by atoms with Gasteiger partial charge in [0.2, 0.25) is 0 Å². The molecule has 0 atom stereocenters. The first-order chi connectivity index (χ1) is 8.73. The second-order valence-corrected chi connectivity index (χ2v) is 5.04. The molecule has 0 spiro atoms. The second kappa shape index (κ2) is 5.90. The van der Waals surface area contributed by atoms with Crippen molar-refractivity contribution in [2.24, 2.45) is 0 Å². The SMILES string of the molecule is CN(C)Cc1cc(C(=O)O)c(O)c(CN(C)C)c1O. The number of aromatic hydroxyl groups is 2. The first-order valence-corrected chi connectivity index (χ1v) is 5.83. The van der Waals surface area contributed by atoms with E-state index in [1.165, 1.54) is 6.07 Å². The van der Waals surface area contributed by atoms with Crippen molar-refractivity contribution in [2.75, 3.05) is 28.2 Å². The number of carbonyl (C=O) groups is 1. The molecular formula is C13H20N2O4. The lowest BCUT2D eigenvalue weighted by molar-refractivity contribution is 0.0693. The molecule has 0 saturated heterocycles. The number of phenolic OH excluding ortho intramolecular Hbond substituents is 1. The molecule has 0 saturated carbocycles. The molecule has 0 aliphatic heterocycles. The summed E-state index contributed by atoms with van der Waals surface area (Å²) in [5.41, 5.74) is 0.533. The summed E-state index contributed by atoms with van der Waals surface area (Å²) in [6.07, 6.45) is 0. The third-order valence-electron chi connectivity index (χ3n) is 2.64. The van der Waals surface area contributed by atoms with E-state index in [2.05, 4.69) is 0 Å². The lowest BCUT2D eigenvalue weighted by Crippen LogP contribution is -2.15. The van der Waals surface area contributed by atoms with E-state index in [1.54, 1.807) is 19.0 Å². The lowest BCUT2D eigenvalue weighted by atomic mass is 10.0. The van der Waals surface area contributed by atoms with Gasteiger partial charge in [0.1, 0.15) is 17.1 Å². The van der Waals surface area contributed by atoms with Crippen molar-refractivity contribution in [1.82, 2.24) is 9.80 Å². The molecule has 0 amide bonds. The predicted molar refractivity (Wildman–Crippen MR) is 71.5 cm³/mol. The average Bonchev–Trinajstić information content (AvgIpc) is 2.26. The Labute approximate surface area is 112 Å². The Morgan fingerprint density at radius 3 is 2.00 bits per heavy atom. The van der Waals surface area contributed by atoms with Crippen molar-refractivity contribution in [1.29, 1.82) is 0 Å². The fraction of sp³-hybridized carbons (Fsp3) is 0.462. The molecule has 0 aromatic heterocycles. The lowest BCUT2D eigenvalue weighted by Gasteiger charge is -2.19. The van der Waals surface area contributed by atoms with Gasteiger partial charge in [0.05, 0.1) is 5.56 Å². The molecule has 3 N–H and O–H groups in total. The van der Waals surface area contributed by atoms with Crippen LogP contribution in [0.1, 0.15) is 21.5 Å². The average molecular weight is 268 g/mol. The standard InChI is InChI=1S/C13H20N2O4/c1-14(2)6-8-5-9(13(18)19)12(17)10(11(8)16)7-15(3)4/h5,16-17H,6-7H2,1-4H3,(H,18,19). The maximum absolute atomic E-state index is 11.1. The second-order valence-electron chi connectivity index (χ2n) is 5.04. The maximum Gasteiger partial charge on any atom is 0.339 e. The molecule has 0 bridgehead atoms. The predicted octanol–water partition coefficient (Wildman–Crippen LogP) is 0.919. The Kier molecular flexibility index (Phi) is 4.74. The molecular weight excluding hydrogens is 248 g/mol. The van der Waals surface area contributed by atoms with Crippen molar-refractivity contribution in [2.45, 2.75) is 13.1 Å². The van der Waals surface area contributed by atoms with Crippen LogP contribution in [0.3, 0.4) is 0 Å². The highest BCUT2D eigenvalue weighted by atomic mass is 16.4. The Morgan fingerprint density at radius 2 is 1.58 bits per heavy atom. The van der Waals surface area contributed by atoms with E-state index in [1.807, 2.05) is 19.0 Å². The Morgan fingerprint density at radius 1 is 1.05 bits per heavy atom. The van der Waals surface area contributed by atoms with Gasteiger partial charge in [-0.1, -0.05) is 0 Å². The number of rotatable bonds is 5. The summed E-state index contributed by atoms with van der Waals surface area (Å²) in [5, 5.41) is 29.2. The fourth-order valence-corrected chi connectivity index (χ4v) is 1.87. The van der Waals surface area contributed by atoms with E-state index in [-0.39, 0.29) is 29.2 Å². The monoisotopic (exact) mass is 268 g/mol. The zero-order valence-electron chi connectivity index (χ0n) is 11.6. The van der Waals surface area contributed by atoms with Gasteiger partial charge in [0.15, 0.2) is 0 Å². The number of carboxylic acids is 1. The van der Waals surface area contributed by atoms with Crippen LogP contribution >= 0.6 is 0 Å². The van der Waals surface area contributed by atoms with Crippen LogP contribution in [0.2, 0.25) is 0 Å². The molecule has 1 aromatic carbocycles. The molecule has 1 rings (SSSR count). The summed E-state index contributed by atoms with van der Waals surface area (Å²) in [4.78, 5) is 14.7. The Hall–Kier alpha value is -1.79. The molecule has 0 heterocycles. The van der Waals surface area contributed by atoms with Gasteiger partial charge in [0, 0.05) is 18.7 Å². The summed E-state index contributed by atoms with van der Waals surface area (Å²) in [6, 6.07) is 1.31. The number of nitrogens with zero attached hydrogens (tertiary/aromatic N) is 2. The van der Waals surface area contributed by atoms with Gasteiger partial charge >= 0.3 is 5.97 Å². The Balaban J connectivity index is 3.41. The summed E-state index contributed by atoms with van der Waals surface area (Å²) >= 11 is 0.